The van der Waals surface area contributed by atoms with E-state index in [1.807, 2.05) is 0 Å². The molecule has 0 unspecified atom stereocenters. The molecule has 0 aromatic carbocycles. The minimum absolute atomic E-state index is 1.00. The Morgan fingerprint density at radius 1 is 2.00 bits per heavy atom. The number of hydrogen-bond acceptors (Lipinski definition) is 1. The third-order valence-electron chi connectivity index (χ3n) is 0.0563. The number of halogens is 1. The zero-order valence-corrected chi connectivity index (χ0v) is 2.74. The molecule has 0 rings (SSSR count). The van der Waals surface area contributed by atoms with E-state index in [0.717, 1.165) is 6.49 Å². The first-order chi connectivity index (χ1) is 1.91. The van der Waals surface area contributed by atoms with Gasteiger partial charge in [-0.05, 0) is 0 Å². The molecule has 0 bridgehead atoms. The van der Waals surface area contributed by atoms with Gasteiger partial charge in [-0.15, -0.1) is 0 Å². The summed E-state index contributed by atoms with van der Waals surface area (Å²) in [7, 11) is 4.47. The summed E-state index contributed by atoms with van der Waals surface area (Å²) in [6, 6.07) is 0. The van der Waals surface area contributed by atoms with Crippen molar-refractivity contribution < 1.29 is 0 Å². The molecule has 0 aliphatic rings. The van der Waals surface area contributed by atoms with Crippen molar-refractivity contribution in [2.24, 2.45) is 4.81 Å². The first kappa shape index (κ1) is 4.22. The average molecular weight is 71.1 g/mol. The second kappa shape index (κ2) is 3.22. The molecule has 0 amide bonds. The third kappa shape index (κ3) is 2.22. The normalized spacial score (nSPS) is 7.25. The van der Waals surface area contributed by atoms with Crippen LogP contribution in [0.25, 0.3) is 0 Å². The van der Waals surface area contributed by atoms with Gasteiger partial charge in [-0.25, -0.2) is 0 Å². The molecule has 0 saturated heterocycles. The molecule has 1 nitrogen and oxygen atoms in total. The Bertz CT molecular complexity index is 21.2. The van der Waals surface area contributed by atoms with Crippen LogP contribution in [-0.2, 0) is 0 Å². The van der Waals surface area contributed by atoms with Crippen LogP contribution in [0.3, 0.4) is 0 Å². The summed E-state index contributed by atoms with van der Waals surface area (Å²) >= 11 is 4.77. The van der Waals surface area contributed by atoms with Gasteiger partial charge in [0.15, 0.2) is 0 Å². The summed E-state index contributed by atoms with van der Waals surface area (Å²) in [6.07, 6.45) is 0. The maximum atomic E-state index is 4.77. The van der Waals surface area contributed by atoms with Crippen LogP contribution in [0.1, 0.15) is 0 Å². The van der Waals surface area contributed by atoms with E-state index in [1.165, 1.54) is 0 Å². The summed E-state index contributed by atoms with van der Waals surface area (Å²) < 4.78 is 0. The van der Waals surface area contributed by atoms with Crippen molar-refractivity contribution in [2.45, 2.75) is 0 Å². The fraction of sp³-hybridized carbons (Fsp3) is 0. The molecule has 2 radical (unpaired) electrons. The summed E-state index contributed by atoms with van der Waals surface area (Å²) in [6.45, 7) is 1.00. The van der Waals surface area contributed by atoms with E-state index in [4.69, 9.17) is 11.5 Å². The zero-order chi connectivity index (χ0) is 3.41. The summed E-state index contributed by atoms with van der Waals surface area (Å²) in [5, 5.41) is 0. The molecule has 0 heterocycles. The Balaban J connectivity index is 2.55. The predicted molar refractivity (Wildman–Crippen MR) is 19.8 cm³/mol. The second-order valence-electron chi connectivity index (χ2n) is 0.247. The van der Waals surface area contributed by atoms with Gasteiger partial charge in [-0.3, -0.25) is 0 Å². The number of nitrogens with zero attached hydrogens (tertiary/aromatic N) is 1. The topological polar surface area (TPSA) is 12.4 Å². The molecule has 0 N–H and O–H groups in total. The van der Waals surface area contributed by atoms with Crippen LogP contribution in [0.2, 0.25) is 0 Å². The Kier molecular flexibility index (Phi) is 3.40. The number of rotatable bonds is 0. The van der Waals surface area contributed by atoms with Crippen molar-refractivity contribution in [3.8, 4) is 0 Å². The molecule has 0 atom stereocenters. The van der Waals surface area contributed by atoms with E-state index in [1.54, 1.807) is 0 Å². The minimum atomic E-state index is 1.00. The maximum absolute atomic E-state index is 4.77. The van der Waals surface area contributed by atoms with Gasteiger partial charge in [0, 0.05) is 0 Å². The van der Waals surface area contributed by atoms with Crippen molar-refractivity contribution in [1.29, 1.82) is 0 Å². The quantitative estimate of drug-likeness (QED) is 0.359. The molecule has 0 fully saturated rings. The van der Waals surface area contributed by atoms with Gasteiger partial charge >= 0.3 is 30.7 Å². The van der Waals surface area contributed by atoms with Gasteiger partial charge in [0.05, 0.1) is 0 Å². The third-order valence-corrected chi connectivity index (χ3v) is 0.169. The van der Waals surface area contributed by atoms with E-state index in [2.05, 4.69) is 12.8 Å². The Morgan fingerprint density at radius 3 is 2.25 bits per heavy atom. The first-order valence-corrected chi connectivity index (χ1v) is 1.17. The predicted octanol–water partition coefficient (Wildman–Crippen LogP) is 0.111. The van der Waals surface area contributed by atoms with Gasteiger partial charge in [0.2, 0.25) is 0 Å². The Hall–Kier alpha value is 0.220. The van der Waals surface area contributed by atoms with Crippen molar-refractivity contribution >= 4 is 25.9 Å². The van der Waals surface area contributed by atoms with E-state index in [9.17, 15) is 0 Å². The molecule has 0 aliphatic carbocycles. The van der Waals surface area contributed by atoms with Crippen LogP contribution in [0, 0.1) is 0 Å². The van der Waals surface area contributed by atoms with Crippen LogP contribution in [-0.4, -0.2) is 14.5 Å². The first-order valence-electron chi connectivity index (χ1n) is 0.735. The van der Waals surface area contributed by atoms with Crippen LogP contribution in [0.5, 0.6) is 0 Å². The summed E-state index contributed by atoms with van der Waals surface area (Å²) in [5.74, 6) is 0. The van der Waals surface area contributed by atoms with Gasteiger partial charge in [0.1, 0.15) is 0 Å². The van der Waals surface area contributed by atoms with Crippen molar-refractivity contribution in [3.63, 3.8) is 0 Å². The fourth-order valence-corrected chi connectivity index (χ4v) is 0. The van der Waals surface area contributed by atoms with E-state index in [-0.39, 0.29) is 0 Å². The van der Waals surface area contributed by atoms with Gasteiger partial charge < -0.3 is 0 Å². The molecule has 0 spiro atoms. The van der Waals surface area contributed by atoms with Crippen molar-refractivity contribution in [2.75, 3.05) is 0 Å². The average Bonchev–Trinajstić information content (AvgIpc) is 1.37. The van der Waals surface area contributed by atoms with Crippen molar-refractivity contribution in [3.05, 3.63) is 0 Å². The van der Waals surface area contributed by atoms with Gasteiger partial charge in [-0.2, -0.15) is 0 Å². The molecule has 0 aliphatic heterocycles. The molecular weight excluding hydrogens is 71.1 g/mol. The van der Waals surface area contributed by atoms with Crippen LogP contribution in [0.4, 0.5) is 0 Å². The Morgan fingerprint density at radius 2 is 2.25 bits per heavy atom. The fourth-order valence-electron chi connectivity index (χ4n) is 0. The molecule has 4 heavy (non-hydrogen) atoms. The number of hydrogen-bond donors (Lipinski definition) is 0. The molecular formula is B2ClN. The van der Waals surface area contributed by atoms with Crippen LogP contribution < -0.4 is 0 Å². The van der Waals surface area contributed by atoms with Gasteiger partial charge in [-0.1, -0.05) is 0 Å². The molecule has 0 aromatic rings. The molecule has 0 saturated carbocycles. The Labute approximate surface area is 31.7 Å². The standard InChI is InChI=1S/B2ClN/c1-4-2-3. The summed E-state index contributed by atoms with van der Waals surface area (Å²) in [4.78, 5) is 2.88. The monoisotopic (exact) mass is 71.0 g/mol. The van der Waals surface area contributed by atoms with Crippen LogP contribution >= 0.6 is 11.5 Å². The van der Waals surface area contributed by atoms with Crippen LogP contribution in [0.15, 0.2) is 4.81 Å². The molecule has 18 valence electrons. The molecule has 0 aromatic heterocycles. The van der Waals surface area contributed by atoms with E-state index >= 15 is 0 Å². The van der Waals surface area contributed by atoms with E-state index < -0.39 is 0 Å². The van der Waals surface area contributed by atoms with E-state index in [0.29, 0.717) is 0 Å². The van der Waals surface area contributed by atoms with Crippen molar-refractivity contribution in [1.82, 2.24) is 0 Å². The molecule has 4 heteroatoms. The van der Waals surface area contributed by atoms with Gasteiger partial charge in [0.25, 0.3) is 0 Å². The summed E-state index contributed by atoms with van der Waals surface area (Å²) in [5.41, 5.74) is 0. The zero-order valence-electron chi connectivity index (χ0n) is 1.98. The second-order valence-corrected chi connectivity index (χ2v) is 0.442. The SMILES string of the molecule is [B]N=BCl.